The monoisotopic (exact) mass is 580 g/mol. The van der Waals surface area contributed by atoms with Crippen molar-refractivity contribution in [2.45, 2.75) is 73.6 Å². The van der Waals surface area contributed by atoms with Crippen LogP contribution in [-0.2, 0) is 12.8 Å². The number of hydrogen-bond donors (Lipinski definition) is 2. The number of likely N-dealkylation sites (N-methyl/N-ethyl adjacent to an activating group) is 1. The number of halogens is 2. The van der Waals surface area contributed by atoms with Crippen LogP contribution in [0.5, 0.6) is 0 Å². The van der Waals surface area contributed by atoms with Crippen LogP contribution >= 0.6 is 0 Å². The van der Waals surface area contributed by atoms with Gasteiger partial charge in [0.1, 0.15) is 12.5 Å². The molecule has 0 saturated heterocycles. The fourth-order valence-electron chi connectivity index (χ4n) is 4.34. The summed E-state index contributed by atoms with van der Waals surface area (Å²) < 4.78 is 26.4. The van der Waals surface area contributed by atoms with E-state index in [1.165, 1.54) is 16.7 Å². The molecule has 0 aliphatic heterocycles. The molecule has 3 nitrogen and oxygen atoms in total. The largest absolute Gasteiger partial charge is 0.516 e. The van der Waals surface area contributed by atoms with E-state index in [0.29, 0.717) is 5.56 Å². The highest BCUT2D eigenvalue weighted by Crippen LogP contribution is 2.24. The molecule has 232 valence electrons. The Balaban J connectivity index is 0. The topological polar surface area (TPSA) is 47.3 Å². The summed E-state index contributed by atoms with van der Waals surface area (Å²) in [6.07, 6.45) is 17.7. The van der Waals surface area contributed by atoms with Gasteiger partial charge in [-0.05, 0) is 110 Å². The molecule has 2 rings (SSSR count). The number of alkyl halides is 1. The fourth-order valence-corrected chi connectivity index (χ4v) is 4.34. The lowest BCUT2D eigenvalue weighted by Crippen LogP contribution is -2.13. The second-order valence-electron chi connectivity index (χ2n) is 9.19. The SMILES string of the molecule is C/C=C\N(C)C/C(=C/c1ccc(CCCC(/C=C\CF)=C/CC)c(CC)c1)c1ccc(F)c(C)c1.C=CO.C=N.CC. The number of nitrogens with one attached hydrogen (secondary N) is 1. The van der Waals surface area contributed by atoms with Crippen LogP contribution in [0.25, 0.3) is 11.6 Å². The number of allylic oxidation sites excluding steroid dienone is 5. The fraction of sp³-hybridized carbons (Fsp3) is 0.378. The molecule has 0 unspecified atom stereocenters. The van der Waals surface area contributed by atoms with E-state index >= 15 is 0 Å². The van der Waals surface area contributed by atoms with Crippen molar-refractivity contribution >= 4 is 18.4 Å². The molecule has 2 aromatic carbocycles. The summed E-state index contributed by atoms with van der Waals surface area (Å²) >= 11 is 0. The minimum Gasteiger partial charge on any atom is -0.516 e. The van der Waals surface area contributed by atoms with E-state index in [0.717, 1.165) is 61.6 Å². The van der Waals surface area contributed by atoms with Crippen LogP contribution in [0.4, 0.5) is 8.78 Å². The van der Waals surface area contributed by atoms with Gasteiger partial charge in [0.25, 0.3) is 0 Å². The van der Waals surface area contributed by atoms with Gasteiger partial charge in [0.2, 0.25) is 0 Å². The summed E-state index contributed by atoms with van der Waals surface area (Å²) in [5.41, 5.74) is 7.96. The summed E-state index contributed by atoms with van der Waals surface area (Å²) in [6.45, 7) is 17.9. The Morgan fingerprint density at radius 1 is 1.07 bits per heavy atom. The molecular formula is C37H54F2N2O. The molecule has 0 spiro atoms. The molecule has 0 radical (unpaired) electrons. The molecule has 2 N–H and O–H groups in total. The molecule has 0 saturated carbocycles. The van der Waals surface area contributed by atoms with Crippen molar-refractivity contribution in [1.29, 1.82) is 5.41 Å². The zero-order chi connectivity index (χ0) is 32.3. The molecule has 0 bridgehead atoms. The average molecular weight is 581 g/mol. The smallest absolute Gasteiger partial charge is 0.126 e. The van der Waals surface area contributed by atoms with Crippen molar-refractivity contribution in [2.75, 3.05) is 20.3 Å². The van der Waals surface area contributed by atoms with E-state index in [4.69, 9.17) is 10.5 Å². The first kappa shape index (κ1) is 40.4. The minimum atomic E-state index is -0.417. The molecule has 0 fully saturated rings. The Morgan fingerprint density at radius 2 is 1.74 bits per heavy atom. The molecule has 0 heterocycles. The standard InChI is InChI=1S/C32H41F2N.C2H4O.C2H6.CH3N/c1-6-11-26(13-10-19-33)12-9-14-29-16-15-27(22-28(29)8-3)23-31(24-35(5)20-7-2)30-17-18-32(34)25(4)21-30;1-2-3;2*1-2/h7,10-11,13,15-18,20-23H,6,8-9,12,14,19,24H2,1-5H3;2-3H,1H2;1-2H3;2H,1H2/b13-10-,20-7-,26-11-,31-23-;;;. The van der Waals surface area contributed by atoms with E-state index in [2.05, 4.69) is 75.6 Å². The first-order valence-corrected chi connectivity index (χ1v) is 14.8. The van der Waals surface area contributed by atoms with Gasteiger partial charge in [-0.1, -0.05) is 88.4 Å². The van der Waals surface area contributed by atoms with E-state index in [1.54, 1.807) is 12.1 Å². The van der Waals surface area contributed by atoms with Crippen molar-refractivity contribution < 1.29 is 13.9 Å². The van der Waals surface area contributed by atoms with Gasteiger partial charge in [-0.2, -0.15) is 0 Å². The number of hydrogen-bond acceptors (Lipinski definition) is 3. The molecule has 0 aliphatic carbocycles. The predicted molar refractivity (Wildman–Crippen MR) is 183 cm³/mol. The number of aryl methyl sites for hydroxylation is 3. The summed E-state index contributed by atoms with van der Waals surface area (Å²) in [6, 6.07) is 12.1. The quantitative estimate of drug-likeness (QED) is 0.107. The Labute approximate surface area is 255 Å². The van der Waals surface area contributed by atoms with Crippen LogP contribution in [-0.4, -0.2) is 37.0 Å². The molecule has 2 aromatic rings. The third-order valence-corrected chi connectivity index (χ3v) is 6.10. The maximum absolute atomic E-state index is 13.9. The van der Waals surface area contributed by atoms with Crippen LogP contribution in [0.3, 0.4) is 0 Å². The third kappa shape index (κ3) is 16.5. The lowest BCUT2D eigenvalue weighted by Gasteiger charge is -2.18. The summed E-state index contributed by atoms with van der Waals surface area (Å²) in [5, 5.41) is 12.8. The normalized spacial score (nSPS) is 11.2. The minimum absolute atomic E-state index is 0.176. The Bertz CT molecular complexity index is 1130. The van der Waals surface area contributed by atoms with Crippen LogP contribution in [0, 0.1) is 18.2 Å². The van der Waals surface area contributed by atoms with E-state index in [-0.39, 0.29) is 5.82 Å². The van der Waals surface area contributed by atoms with E-state index < -0.39 is 6.67 Å². The molecule has 0 atom stereocenters. The van der Waals surface area contributed by atoms with Gasteiger partial charge in [-0.3, -0.25) is 0 Å². The van der Waals surface area contributed by atoms with Gasteiger partial charge >= 0.3 is 0 Å². The van der Waals surface area contributed by atoms with E-state index in [1.807, 2.05) is 52.0 Å². The molecule has 0 amide bonds. The van der Waals surface area contributed by atoms with Gasteiger partial charge < -0.3 is 15.4 Å². The lowest BCUT2D eigenvalue weighted by atomic mass is 9.94. The number of aliphatic hydroxyl groups excluding tert-OH is 1. The zero-order valence-electron chi connectivity index (χ0n) is 27.0. The van der Waals surface area contributed by atoms with Crippen molar-refractivity contribution in [3.8, 4) is 0 Å². The number of benzene rings is 2. The first-order chi connectivity index (χ1) is 20.3. The number of nitrogens with zero attached hydrogens (tertiary/aromatic N) is 1. The number of rotatable bonds is 13. The Kier molecular flexibility index (Phi) is 25.2. The van der Waals surface area contributed by atoms with Crippen LogP contribution in [0.2, 0.25) is 0 Å². The summed E-state index contributed by atoms with van der Waals surface area (Å²) in [5.74, 6) is -0.176. The van der Waals surface area contributed by atoms with Crippen LogP contribution in [0.1, 0.15) is 81.7 Å². The maximum atomic E-state index is 13.9. The van der Waals surface area contributed by atoms with Gasteiger partial charge in [-0.25, -0.2) is 8.78 Å². The van der Waals surface area contributed by atoms with Crippen molar-refractivity contribution in [2.24, 2.45) is 0 Å². The lowest BCUT2D eigenvalue weighted by molar-refractivity contribution is 0.476. The molecule has 0 aliphatic rings. The molecule has 42 heavy (non-hydrogen) atoms. The summed E-state index contributed by atoms with van der Waals surface area (Å²) in [7, 11) is 2.05. The van der Waals surface area contributed by atoms with E-state index in [9.17, 15) is 8.78 Å². The van der Waals surface area contributed by atoms with Gasteiger partial charge in [0.05, 0.1) is 6.26 Å². The molecular weight excluding hydrogens is 526 g/mol. The van der Waals surface area contributed by atoms with Crippen LogP contribution < -0.4 is 0 Å². The molecule has 0 aromatic heterocycles. The Hall–Kier alpha value is -3.73. The highest BCUT2D eigenvalue weighted by Gasteiger charge is 2.09. The van der Waals surface area contributed by atoms with Gasteiger partial charge in [-0.15, -0.1) is 0 Å². The first-order valence-electron chi connectivity index (χ1n) is 14.8. The number of aliphatic hydroxyl groups is 1. The maximum Gasteiger partial charge on any atom is 0.126 e. The second kappa shape index (κ2) is 26.2. The Morgan fingerprint density at radius 3 is 2.29 bits per heavy atom. The summed E-state index contributed by atoms with van der Waals surface area (Å²) in [4.78, 5) is 2.14. The second-order valence-corrected chi connectivity index (χ2v) is 9.19. The van der Waals surface area contributed by atoms with Crippen molar-refractivity contribution in [3.63, 3.8) is 0 Å². The van der Waals surface area contributed by atoms with Gasteiger partial charge in [0, 0.05) is 13.6 Å². The van der Waals surface area contributed by atoms with Gasteiger partial charge in [0.15, 0.2) is 0 Å². The molecule has 5 heteroatoms. The average Bonchev–Trinajstić information content (AvgIpc) is 3.00. The predicted octanol–water partition coefficient (Wildman–Crippen LogP) is 10.9. The van der Waals surface area contributed by atoms with Crippen molar-refractivity contribution in [3.05, 3.63) is 119 Å². The third-order valence-electron chi connectivity index (χ3n) is 6.10. The van der Waals surface area contributed by atoms with Crippen molar-refractivity contribution in [1.82, 2.24) is 4.90 Å². The highest BCUT2D eigenvalue weighted by molar-refractivity contribution is 5.83. The zero-order valence-corrected chi connectivity index (χ0v) is 27.0. The van der Waals surface area contributed by atoms with Crippen LogP contribution in [0.15, 0.2) is 85.3 Å². The highest BCUT2D eigenvalue weighted by atomic mass is 19.1.